The van der Waals surface area contributed by atoms with Crippen LogP contribution in [-0.2, 0) is 10.4 Å². The minimum Gasteiger partial charge on any atom is -0.381 e. The maximum absolute atomic E-state index is 14.7. The van der Waals surface area contributed by atoms with Gasteiger partial charge in [0.2, 0.25) is 0 Å². The summed E-state index contributed by atoms with van der Waals surface area (Å²) in [6.45, 7) is 0.418. The summed E-state index contributed by atoms with van der Waals surface area (Å²) in [7, 11) is 1.47. The van der Waals surface area contributed by atoms with Crippen LogP contribution in [0.15, 0.2) is 18.2 Å². The molecule has 1 rings (SSSR count). The van der Waals surface area contributed by atoms with Gasteiger partial charge in [0.25, 0.3) is 0 Å². The van der Waals surface area contributed by atoms with Crippen molar-refractivity contribution in [1.29, 1.82) is 0 Å². The van der Waals surface area contributed by atoms with E-state index in [2.05, 4.69) is 0 Å². The van der Waals surface area contributed by atoms with E-state index in [0.29, 0.717) is 35.0 Å². The van der Waals surface area contributed by atoms with E-state index in [4.69, 9.17) is 33.7 Å². The highest BCUT2D eigenvalue weighted by Crippen LogP contribution is 2.35. The molecule has 1 aromatic rings. The number of benzene rings is 1. The lowest BCUT2D eigenvalue weighted by Crippen LogP contribution is -2.27. The van der Waals surface area contributed by atoms with Crippen LogP contribution in [0.1, 0.15) is 18.4 Å². The first kappa shape index (κ1) is 14.7. The van der Waals surface area contributed by atoms with Gasteiger partial charge in [0.1, 0.15) is 0 Å². The first-order valence-corrected chi connectivity index (χ1v) is 6.12. The largest absolute Gasteiger partial charge is 0.381 e. The molecule has 2 N–H and O–H groups in total. The summed E-state index contributed by atoms with van der Waals surface area (Å²) in [6, 6.07) is 4.76. The third kappa shape index (κ3) is 3.81. The molecule has 0 radical (unpaired) electrons. The van der Waals surface area contributed by atoms with Crippen molar-refractivity contribution in [2.45, 2.75) is 18.5 Å². The zero-order valence-electron chi connectivity index (χ0n) is 9.68. The summed E-state index contributed by atoms with van der Waals surface area (Å²) in [5.41, 5.74) is 4.32. The van der Waals surface area contributed by atoms with E-state index in [-0.39, 0.29) is 6.61 Å². The highest BCUT2D eigenvalue weighted by Gasteiger charge is 2.31. The van der Waals surface area contributed by atoms with Gasteiger partial charge in [-0.25, -0.2) is 4.39 Å². The van der Waals surface area contributed by atoms with Gasteiger partial charge in [0, 0.05) is 7.11 Å². The Morgan fingerprint density at radius 1 is 1.35 bits per heavy atom. The predicted molar refractivity (Wildman–Crippen MR) is 69.4 cm³/mol. The molecule has 0 aromatic heterocycles. The second-order valence-electron chi connectivity index (χ2n) is 3.92. The van der Waals surface area contributed by atoms with Gasteiger partial charge in [-0.15, -0.1) is 0 Å². The molecule has 0 aliphatic heterocycles. The van der Waals surface area contributed by atoms with Crippen molar-refractivity contribution in [2.24, 2.45) is 5.73 Å². The van der Waals surface area contributed by atoms with E-state index >= 15 is 0 Å². The molecule has 5 heteroatoms. The summed E-state index contributed by atoms with van der Waals surface area (Å²) in [5.74, 6) is 0. The Bertz CT molecular complexity index is 376. The Kier molecular flexibility index (Phi) is 5.67. The molecule has 0 amide bonds. The van der Waals surface area contributed by atoms with E-state index < -0.39 is 5.67 Å². The molecule has 17 heavy (non-hydrogen) atoms. The van der Waals surface area contributed by atoms with E-state index in [1.807, 2.05) is 0 Å². The summed E-state index contributed by atoms with van der Waals surface area (Å²) in [5, 5.41) is 0.754. The molecule has 0 heterocycles. The van der Waals surface area contributed by atoms with Crippen LogP contribution in [0.3, 0.4) is 0 Å². The number of hydrogen-bond acceptors (Lipinski definition) is 2. The Labute approximate surface area is 111 Å². The molecule has 1 aromatic carbocycles. The minimum atomic E-state index is -1.57. The minimum absolute atomic E-state index is 0.0229. The van der Waals surface area contributed by atoms with Crippen LogP contribution in [0, 0.1) is 0 Å². The number of rotatable bonds is 6. The van der Waals surface area contributed by atoms with E-state index in [9.17, 15) is 4.39 Å². The second-order valence-corrected chi connectivity index (χ2v) is 4.73. The van der Waals surface area contributed by atoms with Crippen LogP contribution in [0.4, 0.5) is 4.39 Å². The molecule has 96 valence electrons. The first-order valence-electron chi connectivity index (χ1n) is 5.37. The fourth-order valence-electron chi connectivity index (χ4n) is 1.69. The smallest absolute Gasteiger partial charge is 0.159 e. The van der Waals surface area contributed by atoms with Gasteiger partial charge in [0.05, 0.1) is 16.7 Å². The molecule has 0 aliphatic carbocycles. The zero-order chi connectivity index (χ0) is 12.9. The third-order valence-corrected chi connectivity index (χ3v) is 3.33. The van der Waals surface area contributed by atoms with Crippen molar-refractivity contribution in [1.82, 2.24) is 0 Å². The van der Waals surface area contributed by atoms with Gasteiger partial charge in [0.15, 0.2) is 5.67 Å². The van der Waals surface area contributed by atoms with E-state index in [0.717, 1.165) is 0 Å². The SMILES string of the molecule is COCC(F)(CCCN)c1ccc(Cl)c(Cl)c1. The van der Waals surface area contributed by atoms with Crippen LogP contribution < -0.4 is 5.73 Å². The van der Waals surface area contributed by atoms with Crippen LogP contribution in [0.25, 0.3) is 0 Å². The first-order chi connectivity index (χ1) is 8.03. The Hall–Kier alpha value is -0.350. The molecule has 0 saturated heterocycles. The van der Waals surface area contributed by atoms with Crippen LogP contribution in [-0.4, -0.2) is 20.3 Å². The number of ether oxygens (including phenoxy) is 1. The average molecular weight is 280 g/mol. The fraction of sp³-hybridized carbons (Fsp3) is 0.500. The van der Waals surface area contributed by atoms with Gasteiger partial charge in [-0.05, 0) is 37.1 Å². The van der Waals surface area contributed by atoms with Crippen LogP contribution >= 0.6 is 23.2 Å². The second kappa shape index (κ2) is 6.55. The summed E-state index contributed by atoms with van der Waals surface area (Å²) < 4.78 is 19.7. The molecule has 0 spiro atoms. The number of methoxy groups -OCH3 is 1. The Balaban J connectivity index is 2.99. The Morgan fingerprint density at radius 2 is 2.06 bits per heavy atom. The molecule has 1 atom stereocenters. The number of nitrogens with two attached hydrogens (primary N) is 1. The lowest BCUT2D eigenvalue weighted by atomic mass is 9.91. The molecular weight excluding hydrogens is 264 g/mol. The van der Waals surface area contributed by atoms with Crippen LogP contribution in [0.5, 0.6) is 0 Å². The van der Waals surface area contributed by atoms with Crippen molar-refractivity contribution in [2.75, 3.05) is 20.3 Å². The average Bonchev–Trinajstić information content (AvgIpc) is 2.30. The maximum atomic E-state index is 14.7. The Morgan fingerprint density at radius 3 is 2.59 bits per heavy atom. The van der Waals surface area contributed by atoms with Crippen molar-refractivity contribution >= 4 is 23.2 Å². The molecule has 0 bridgehead atoms. The molecule has 2 nitrogen and oxygen atoms in total. The number of hydrogen-bond donors (Lipinski definition) is 1. The molecular formula is C12H16Cl2FNO. The lowest BCUT2D eigenvalue weighted by molar-refractivity contribution is 0.0304. The normalized spacial score (nSPS) is 14.6. The van der Waals surface area contributed by atoms with E-state index in [1.165, 1.54) is 7.11 Å². The van der Waals surface area contributed by atoms with Gasteiger partial charge < -0.3 is 10.5 Å². The highest BCUT2D eigenvalue weighted by molar-refractivity contribution is 6.42. The predicted octanol–water partition coefficient (Wildman–Crippen LogP) is 3.54. The lowest BCUT2D eigenvalue weighted by Gasteiger charge is -2.25. The molecule has 0 aliphatic rings. The summed E-state index contributed by atoms with van der Waals surface area (Å²) >= 11 is 11.7. The van der Waals surface area contributed by atoms with E-state index in [1.54, 1.807) is 18.2 Å². The number of alkyl halides is 1. The third-order valence-electron chi connectivity index (χ3n) is 2.59. The molecule has 0 fully saturated rings. The standard InChI is InChI=1S/C12H16Cl2FNO/c1-17-8-12(15,5-2-6-16)9-3-4-10(13)11(14)7-9/h3-4,7H,2,5-6,8,16H2,1H3. The van der Waals surface area contributed by atoms with Gasteiger partial charge >= 0.3 is 0 Å². The monoisotopic (exact) mass is 279 g/mol. The van der Waals surface area contributed by atoms with Crippen molar-refractivity contribution in [3.63, 3.8) is 0 Å². The topological polar surface area (TPSA) is 35.2 Å². The van der Waals surface area contributed by atoms with Crippen molar-refractivity contribution in [3.8, 4) is 0 Å². The van der Waals surface area contributed by atoms with Gasteiger partial charge in [-0.3, -0.25) is 0 Å². The molecule has 1 unspecified atom stereocenters. The number of halogens is 3. The zero-order valence-corrected chi connectivity index (χ0v) is 11.2. The fourth-order valence-corrected chi connectivity index (χ4v) is 1.98. The van der Waals surface area contributed by atoms with Gasteiger partial charge in [-0.1, -0.05) is 29.3 Å². The quantitative estimate of drug-likeness (QED) is 0.865. The van der Waals surface area contributed by atoms with Gasteiger partial charge in [-0.2, -0.15) is 0 Å². The maximum Gasteiger partial charge on any atom is 0.159 e. The molecule has 0 saturated carbocycles. The van der Waals surface area contributed by atoms with Crippen LogP contribution in [0.2, 0.25) is 10.0 Å². The summed E-state index contributed by atoms with van der Waals surface area (Å²) in [6.07, 6.45) is 0.884. The van der Waals surface area contributed by atoms with Crippen molar-refractivity contribution in [3.05, 3.63) is 33.8 Å². The highest BCUT2D eigenvalue weighted by atomic mass is 35.5. The summed E-state index contributed by atoms with van der Waals surface area (Å²) in [4.78, 5) is 0. The van der Waals surface area contributed by atoms with Crippen molar-refractivity contribution < 1.29 is 9.13 Å².